The van der Waals surface area contributed by atoms with E-state index in [0.717, 1.165) is 50.1 Å². The zero-order valence-electron chi connectivity index (χ0n) is 31.9. The number of benzene rings is 9. The first-order valence-corrected chi connectivity index (χ1v) is 19.8. The number of para-hydroxylation sites is 2. The summed E-state index contributed by atoms with van der Waals surface area (Å²) >= 11 is 0. The van der Waals surface area contributed by atoms with Crippen molar-refractivity contribution in [1.82, 2.24) is 0 Å². The molecule has 2 heteroatoms. The summed E-state index contributed by atoms with van der Waals surface area (Å²) in [5, 5.41) is 4.75. The lowest BCUT2D eigenvalue weighted by Gasteiger charge is -2.29. The molecule has 57 heavy (non-hydrogen) atoms. The summed E-state index contributed by atoms with van der Waals surface area (Å²) in [5.41, 5.74) is 17.6. The molecule has 0 fully saturated rings. The summed E-state index contributed by atoms with van der Waals surface area (Å²) in [6.07, 6.45) is 0. The molecule has 0 spiro atoms. The molecule has 9 aromatic carbocycles. The molecule has 0 atom stereocenters. The molecule has 0 saturated carbocycles. The second-order valence-electron chi connectivity index (χ2n) is 15.7. The molecule has 1 aliphatic carbocycles. The maximum atomic E-state index is 6.16. The predicted molar refractivity (Wildman–Crippen MR) is 240 cm³/mol. The van der Waals surface area contributed by atoms with Crippen molar-refractivity contribution in [2.45, 2.75) is 19.3 Å². The van der Waals surface area contributed by atoms with Crippen molar-refractivity contribution < 1.29 is 4.42 Å². The van der Waals surface area contributed by atoms with Crippen LogP contribution in [0.4, 0.5) is 17.1 Å². The van der Waals surface area contributed by atoms with Crippen LogP contribution in [-0.4, -0.2) is 0 Å². The number of rotatable bonds is 6. The van der Waals surface area contributed by atoms with Gasteiger partial charge in [-0.15, -0.1) is 0 Å². The predicted octanol–water partition coefficient (Wildman–Crippen LogP) is 15.5. The molecule has 1 heterocycles. The molecule has 0 unspecified atom stereocenters. The fraction of sp³-hybridized carbons (Fsp3) is 0.0545. The molecule has 0 aliphatic heterocycles. The highest BCUT2D eigenvalue weighted by molar-refractivity contribution is 6.06. The van der Waals surface area contributed by atoms with Crippen molar-refractivity contribution >= 4 is 49.8 Å². The molecule has 10 aromatic rings. The Hall–Kier alpha value is -7.16. The van der Waals surface area contributed by atoms with Gasteiger partial charge in [-0.05, 0) is 109 Å². The van der Waals surface area contributed by atoms with Gasteiger partial charge in [-0.2, -0.15) is 0 Å². The van der Waals surface area contributed by atoms with Crippen molar-refractivity contribution in [3.8, 4) is 44.5 Å². The van der Waals surface area contributed by atoms with E-state index in [1.54, 1.807) is 0 Å². The first-order chi connectivity index (χ1) is 28.0. The highest BCUT2D eigenvalue weighted by atomic mass is 16.3. The molecule has 0 amide bonds. The molecule has 0 bridgehead atoms. The number of hydrogen-bond acceptors (Lipinski definition) is 2. The Morgan fingerprint density at radius 1 is 0.386 bits per heavy atom. The van der Waals surface area contributed by atoms with Gasteiger partial charge in [-0.3, -0.25) is 0 Å². The van der Waals surface area contributed by atoms with Gasteiger partial charge in [0.1, 0.15) is 11.2 Å². The molecule has 0 radical (unpaired) electrons. The van der Waals surface area contributed by atoms with Gasteiger partial charge in [-0.1, -0.05) is 166 Å². The van der Waals surface area contributed by atoms with E-state index in [0.29, 0.717) is 0 Å². The van der Waals surface area contributed by atoms with Gasteiger partial charge in [0, 0.05) is 33.1 Å². The summed E-state index contributed by atoms with van der Waals surface area (Å²) < 4.78 is 6.16. The Morgan fingerprint density at radius 3 is 1.91 bits per heavy atom. The van der Waals surface area contributed by atoms with Gasteiger partial charge in [0.2, 0.25) is 0 Å². The Morgan fingerprint density at radius 2 is 1.02 bits per heavy atom. The summed E-state index contributed by atoms with van der Waals surface area (Å²) in [7, 11) is 0. The standard InChI is InChI=1S/C55H39NO/c1-55(2)49-24-8-5-21-47(49)54-46(23-13-25-50(54)55)44-19-6-9-26-51(44)56(41-17-11-16-39(34-41)43-22-12-15-37-14-3-4-18-42(37)43)40-31-28-36(29-32-40)38-30-33-53-48(35-38)45-20-7-10-27-52(45)57-53/h3-35H,1-2H3. The minimum Gasteiger partial charge on any atom is -0.456 e. The van der Waals surface area contributed by atoms with Crippen LogP contribution in [0.5, 0.6) is 0 Å². The van der Waals surface area contributed by atoms with Crippen molar-refractivity contribution in [2.75, 3.05) is 4.90 Å². The van der Waals surface area contributed by atoms with E-state index in [1.807, 2.05) is 12.1 Å². The Bertz CT molecular complexity index is 3160. The summed E-state index contributed by atoms with van der Waals surface area (Å²) in [6.45, 7) is 4.71. The van der Waals surface area contributed by atoms with E-state index in [1.165, 1.54) is 55.3 Å². The number of fused-ring (bicyclic) bond motifs is 7. The largest absolute Gasteiger partial charge is 0.456 e. The van der Waals surface area contributed by atoms with Crippen molar-refractivity contribution in [3.05, 3.63) is 211 Å². The Kier molecular flexibility index (Phi) is 7.55. The summed E-state index contributed by atoms with van der Waals surface area (Å²) in [4.78, 5) is 2.44. The minimum absolute atomic E-state index is 0.0923. The molecule has 1 aromatic heterocycles. The SMILES string of the molecule is CC1(C)c2ccccc2-c2c(-c3ccccc3N(c3ccc(-c4ccc5oc6ccccc6c5c4)cc3)c3cccc(-c4cccc5ccccc45)c3)cccc21. The van der Waals surface area contributed by atoms with E-state index in [9.17, 15) is 0 Å². The second-order valence-corrected chi connectivity index (χ2v) is 15.7. The van der Waals surface area contributed by atoms with E-state index in [2.05, 4.69) is 207 Å². The van der Waals surface area contributed by atoms with Crippen LogP contribution in [0.2, 0.25) is 0 Å². The Balaban J connectivity index is 1.09. The van der Waals surface area contributed by atoms with Crippen LogP contribution in [-0.2, 0) is 5.41 Å². The van der Waals surface area contributed by atoms with Crippen LogP contribution in [0.15, 0.2) is 205 Å². The van der Waals surface area contributed by atoms with Gasteiger partial charge in [-0.25, -0.2) is 0 Å². The lowest BCUT2D eigenvalue weighted by Crippen LogP contribution is -2.14. The van der Waals surface area contributed by atoms with Crippen LogP contribution in [0.1, 0.15) is 25.0 Å². The highest BCUT2D eigenvalue weighted by Gasteiger charge is 2.37. The molecular formula is C55H39NO. The average molecular weight is 730 g/mol. The minimum atomic E-state index is -0.0923. The summed E-state index contributed by atoms with van der Waals surface area (Å²) in [5.74, 6) is 0. The smallest absolute Gasteiger partial charge is 0.135 e. The van der Waals surface area contributed by atoms with Gasteiger partial charge in [0.25, 0.3) is 0 Å². The average Bonchev–Trinajstić information content (AvgIpc) is 3.75. The monoisotopic (exact) mass is 729 g/mol. The number of hydrogen-bond donors (Lipinski definition) is 0. The van der Waals surface area contributed by atoms with E-state index >= 15 is 0 Å². The number of nitrogens with zero attached hydrogens (tertiary/aromatic N) is 1. The van der Waals surface area contributed by atoms with Crippen LogP contribution in [0.25, 0.3) is 77.2 Å². The van der Waals surface area contributed by atoms with Gasteiger partial charge in [0.05, 0.1) is 5.69 Å². The van der Waals surface area contributed by atoms with Crippen LogP contribution in [0.3, 0.4) is 0 Å². The third-order valence-corrected chi connectivity index (χ3v) is 12.1. The third kappa shape index (κ3) is 5.33. The van der Waals surface area contributed by atoms with Crippen molar-refractivity contribution in [1.29, 1.82) is 0 Å². The zero-order valence-corrected chi connectivity index (χ0v) is 31.9. The van der Waals surface area contributed by atoms with E-state index < -0.39 is 0 Å². The van der Waals surface area contributed by atoms with Crippen molar-refractivity contribution in [3.63, 3.8) is 0 Å². The maximum absolute atomic E-state index is 6.16. The molecule has 270 valence electrons. The normalized spacial score (nSPS) is 12.9. The lowest BCUT2D eigenvalue weighted by molar-refractivity contribution is 0.660. The first kappa shape index (κ1) is 33.2. The molecule has 1 aliphatic rings. The molecule has 0 N–H and O–H groups in total. The van der Waals surface area contributed by atoms with Gasteiger partial charge < -0.3 is 9.32 Å². The lowest BCUT2D eigenvalue weighted by atomic mass is 9.82. The molecule has 2 nitrogen and oxygen atoms in total. The number of anilines is 3. The first-order valence-electron chi connectivity index (χ1n) is 19.8. The zero-order chi connectivity index (χ0) is 38.1. The fourth-order valence-corrected chi connectivity index (χ4v) is 9.30. The van der Waals surface area contributed by atoms with Gasteiger partial charge in [0.15, 0.2) is 0 Å². The maximum Gasteiger partial charge on any atom is 0.135 e. The third-order valence-electron chi connectivity index (χ3n) is 12.1. The fourth-order valence-electron chi connectivity index (χ4n) is 9.30. The van der Waals surface area contributed by atoms with Crippen LogP contribution >= 0.6 is 0 Å². The van der Waals surface area contributed by atoms with E-state index in [4.69, 9.17) is 4.42 Å². The molecular weight excluding hydrogens is 691 g/mol. The van der Waals surface area contributed by atoms with Crippen LogP contribution < -0.4 is 4.90 Å². The molecule has 11 rings (SSSR count). The highest BCUT2D eigenvalue weighted by Crippen LogP contribution is 2.54. The quantitative estimate of drug-likeness (QED) is 0.169. The second kappa shape index (κ2) is 13.0. The van der Waals surface area contributed by atoms with Crippen LogP contribution in [0, 0.1) is 0 Å². The number of furan rings is 1. The summed E-state index contributed by atoms with van der Waals surface area (Å²) in [6, 6.07) is 72.8. The van der Waals surface area contributed by atoms with Crippen molar-refractivity contribution in [2.24, 2.45) is 0 Å². The Labute approximate surface area is 332 Å². The van der Waals surface area contributed by atoms with Gasteiger partial charge >= 0.3 is 0 Å². The molecule has 0 saturated heterocycles. The topological polar surface area (TPSA) is 16.4 Å². The van der Waals surface area contributed by atoms with E-state index in [-0.39, 0.29) is 5.41 Å².